The number of rotatable bonds is 5. The van der Waals surface area contributed by atoms with Crippen molar-refractivity contribution in [2.45, 2.75) is 71.8 Å². The van der Waals surface area contributed by atoms with Gasteiger partial charge in [-0.3, -0.25) is 4.79 Å². The van der Waals surface area contributed by atoms with Gasteiger partial charge in [0.05, 0.1) is 12.2 Å². The van der Waals surface area contributed by atoms with Crippen molar-refractivity contribution in [1.29, 1.82) is 0 Å². The van der Waals surface area contributed by atoms with Crippen LogP contribution in [0.1, 0.15) is 84.5 Å². The molecular weight excluding hydrogens is 292 g/mol. The van der Waals surface area contributed by atoms with Crippen LogP contribution in [0.4, 0.5) is 0 Å². The topological polar surface area (TPSA) is 71.2 Å². The minimum atomic E-state index is -0.388. The van der Waals surface area contributed by atoms with Gasteiger partial charge in [-0.25, -0.2) is 4.79 Å². The maximum absolute atomic E-state index is 12.7. The minimum Gasteiger partial charge on any atom is -0.461 e. The fraction of sp³-hybridized carbons (Fsp3) is 0.667. The van der Waals surface area contributed by atoms with E-state index in [4.69, 9.17) is 4.74 Å². The molecule has 2 rings (SSSR count). The van der Waals surface area contributed by atoms with Crippen molar-refractivity contribution in [2.75, 3.05) is 6.61 Å². The van der Waals surface area contributed by atoms with Gasteiger partial charge in [-0.1, -0.05) is 32.6 Å². The summed E-state index contributed by atoms with van der Waals surface area (Å²) in [6.45, 7) is 5.89. The van der Waals surface area contributed by atoms with Crippen molar-refractivity contribution >= 4 is 11.9 Å². The second-order valence-corrected chi connectivity index (χ2v) is 6.21. The third-order valence-corrected chi connectivity index (χ3v) is 4.54. The maximum atomic E-state index is 12.7. The number of amides is 1. The van der Waals surface area contributed by atoms with Crippen LogP contribution in [-0.4, -0.2) is 29.5 Å². The maximum Gasteiger partial charge on any atom is 0.355 e. The van der Waals surface area contributed by atoms with Crippen molar-refractivity contribution in [3.63, 3.8) is 0 Å². The number of hydrogen-bond donors (Lipinski definition) is 2. The van der Waals surface area contributed by atoms with Crippen LogP contribution in [-0.2, 0) is 11.2 Å². The molecule has 0 aromatic carbocycles. The number of nitrogens with one attached hydrogen (secondary N) is 2. The van der Waals surface area contributed by atoms with Gasteiger partial charge in [0.25, 0.3) is 5.91 Å². The van der Waals surface area contributed by atoms with E-state index in [9.17, 15) is 9.59 Å². The summed E-state index contributed by atoms with van der Waals surface area (Å²) in [5.41, 5.74) is 2.51. The van der Waals surface area contributed by atoms with Crippen molar-refractivity contribution in [1.82, 2.24) is 10.3 Å². The highest BCUT2D eigenvalue weighted by Crippen LogP contribution is 2.22. The molecule has 5 nitrogen and oxygen atoms in total. The zero-order chi connectivity index (χ0) is 16.8. The van der Waals surface area contributed by atoms with Crippen LogP contribution < -0.4 is 5.32 Å². The smallest absolute Gasteiger partial charge is 0.355 e. The quantitative estimate of drug-likeness (QED) is 0.644. The molecule has 23 heavy (non-hydrogen) atoms. The van der Waals surface area contributed by atoms with E-state index in [1.54, 1.807) is 6.92 Å². The number of carbonyl (C=O) groups is 2. The molecule has 0 saturated heterocycles. The summed E-state index contributed by atoms with van der Waals surface area (Å²) < 4.78 is 5.08. The highest BCUT2D eigenvalue weighted by atomic mass is 16.5. The first-order valence-electron chi connectivity index (χ1n) is 8.77. The SMILES string of the molecule is CCOC(=O)c1[nH]c(C)c(C(=O)NC2CCCCCC2)c1CC. The Morgan fingerprint density at radius 1 is 1.17 bits per heavy atom. The van der Waals surface area contributed by atoms with Crippen molar-refractivity contribution < 1.29 is 14.3 Å². The normalized spacial score (nSPS) is 16.0. The van der Waals surface area contributed by atoms with Gasteiger partial charge in [-0.05, 0) is 38.7 Å². The highest BCUT2D eigenvalue weighted by Gasteiger charge is 2.25. The van der Waals surface area contributed by atoms with E-state index < -0.39 is 0 Å². The Morgan fingerprint density at radius 2 is 1.83 bits per heavy atom. The predicted octanol–water partition coefficient (Wildman–Crippen LogP) is 3.51. The number of H-pyrrole nitrogens is 1. The van der Waals surface area contributed by atoms with Gasteiger partial charge in [-0.2, -0.15) is 0 Å². The number of ether oxygens (including phenoxy) is 1. The largest absolute Gasteiger partial charge is 0.461 e. The number of hydrogen-bond acceptors (Lipinski definition) is 3. The molecule has 5 heteroatoms. The molecule has 0 atom stereocenters. The molecule has 0 aliphatic heterocycles. The fourth-order valence-corrected chi connectivity index (χ4v) is 3.40. The number of aromatic amines is 1. The van der Waals surface area contributed by atoms with Gasteiger partial charge in [0, 0.05) is 11.7 Å². The molecule has 1 aromatic heterocycles. The first-order chi connectivity index (χ1) is 11.1. The van der Waals surface area contributed by atoms with Gasteiger partial charge in [0.1, 0.15) is 5.69 Å². The van der Waals surface area contributed by atoms with Gasteiger partial charge < -0.3 is 15.0 Å². The molecule has 0 spiro atoms. The molecular formula is C18H28N2O3. The average Bonchev–Trinajstić information content (AvgIpc) is 2.68. The highest BCUT2D eigenvalue weighted by molar-refractivity contribution is 6.01. The lowest BCUT2D eigenvalue weighted by molar-refractivity contribution is 0.0519. The zero-order valence-electron chi connectivity index (χ0n) is 14.5. The summed E-state index contributed by atoms with van der Waals surface area (Å²) >= 11 is 0. The van der Waals surface area contributed by atoms with E-state index in [1.165, 1.54) is 25.7 Å². The van der Waals surface area contributed by atoms with Crippen molar-refractivity contribution in [3.8, 4) is 0 Å². The molecule has 1 aromatic rings. The van der Waals surface area contributed by atoms with Crippen molar-refractivity contribution in [2.24, 2.45) is 0 Å². The summed E-state index contributed by atoms with van der Waals surface area (Å²) in [5, 5.41) is 3.16. The number of aromatic nitrogens is 1. The number of carbonyl (C=O) groups excluding carboxylic acids is 2. The monoisotopic (exact) mass is 320 g/mol. The predicted molar refractivity (Wildman–Crippen MR) is 89.8 cm³/mol. The molecule has 0 bridgehead atoms. The third kappa shape index (κ3) is 4.15. The summed E-state index contributed by atoms with van der Waals surface area (Å²) in [6.07, 6.45) is 7.55. The van der Waals surface area contributed by atoms with Crippen LogP contribution in [0.2, 0.25) is 0 Å². The third-order valence-electron chi connectivity index (χ3n) is 4.54. The van der Waals surface area contributed by atoms with E-state index in [2.05, 4.69) is 10.3 Å². The van der Waals surface area contributed by atoms with Crippen LogP contribution in [0.15, 0.2) is 0 Å². The second-order valence-electron chi connectivity index (χ2n) is 6.21. The van der Waals surface area contributed by atoms with E-state index >= 15 is 0 Å². The molecule has 1 aliphatic carbocycles. The summed E-state index contributed by atoms with van der Waals surface area (Å²) in [4.78, 5) is 27.8. The molecule has 2 N–H and O–H groups in total. The molecule has 1 aliphatic rings. The molecule has 128 valence electrons. The Hall–Kier alpha value is -1.78. The molecule has 0 unspecified atom stereocenters. The fourth-order valence-electron chi connectivity index (χ4n) is 3.40. The minimum absolute atomic E-state index is 0.0713. The van der Waals surface area contributed by atoms with Gasteiger partial charge in [0.15, 0.2) is 0 Å². The molecule has 1 fully saturated rings. The number of esters is 1. The Labute approximate surface area is 138 Å². The van der Waals surface area contributed by atoms with Crippen LogP contribution in [0, 0.1) is 6.92 Å². The standard InChI is InChI=1S/C18H28N2O3/c1-4-14-15(12(3)19-16(14)18(22)23-5-2)17(21)20-13-10-8-6-7-9-11-13/h13,19H,4-11H2,1-3H3,(H,20,21). The van der Waals surface area contributed by atoms with Crippen molar-refractivity contribution in [3.05, 3.63) is 22.5 Å². The number of aryl methyl sites for hydroxylation is 1. The summed E-state index contributed by atoms with van der Waals surface area (Å²) in [5.74, 6) is -0.459. The molecule has 0 radical (unpaired) electrons. The molecule has 1 saturated carbocycles. The lowest BCUT2D eigenvalue weighted by Crippen LogP contribution is -2.35. The Kier molecular flexibility index (Phi) is 6.25. The van der Waals surface area contributed by atoms with E-state index in [0.29, 0.717) is 24.3 Å². The summed E-state index contributed by atoms with van der Waals surface area (Å²) in [6, 6.07) is 0.245. The van der Waals surface area contributed by atoms with E-state index in [1.807, 2.05) is 13.8 Å². The van der Waals surface area contributed by atoms with Crippen LogP contribution in [0.3, 0.4) is 0 Å². The molecule has 1 heterocycles. The Balaban J connectivity index is 2.20. The first-order valence-corrected chi connectivity index (χ1v) is 8.77. The van der Waals surface area contributed by atoms with Gasteiger partial charge in [0.2, 0.25) is 0 Å². The molecule has 1 amide bonds. The average molecular weight is 320 g/mol. The van der Waals surface area contributed by atoms with E-state index in [-0.39, 0.29) is 17.9 Å². The lowest BCUT2D eigenvalue weighted by Gasteiger charge is -2.16. The van der Waals surface area contributed by atoms with E-state index in [0.717, 1.165) is 24.1 Å². The second kappa shape index (κ2) is 8.18. The van der Waals surface area contributed by atoms with Crippen LogP contribution in [0.25, 0.3) is 0 Å². The first kappa shape index (κ1) is 17.6. The van der Waals surface area contributed by atoms with Gasteiger partial charge in [-0.15, -0.1) is 0 Å². The lowest BCUT2D eigenvalue weighted by atomic mass is 10.0. The van der Waals surface area contributed by atoms with Gasteiger partial charge >= 0.3 is 5.97 Å². The van der Waals surface area contributed by atoms with Crippen LogP contribution in [0.5, 0.6) is 0 Å². The van der Waals surface area contributed by atoms with Crippen LogP contribution >= 0.6 is 0 Å². The zero-order valence-corrected chi connectivity index (χ0v) is 14.5. The Bertz CT molecular complexity index is 555. The summed E-state index contributed by atoms with van der Waals surface area (Å²) in [7, 11) is 0. The Morgan fingerprint density at radius 3 is 2.39 bits per heavy atom.